The Hall–Kier alpha value is -2.86. The largest absolute Gasteiger partial charge is 0.497 e. The molecule has 0 atom stereocenters. The molecule has 0 fully saturated rings. The van der Waals surface area contributed by atoms with Gasteiger partial charge in [-0.05, 0) is 36.4 Å². The second-order valence-corrected chi connectivity index (χ2v) is 7.41. The average molecular weight is 380 g/mol. The third-order valence-electron chi connectivity index (χ3n) is 4.67. The molecule has 0 N–H and O–H groups in total. The van der Waals surface area contributed by atoms with Crippen LogP contribution in [0.4, 0.5) is 0 Å². The monoisotopic (exact) mass is 380 g/mol. The van der Waals surface area contributed by atoms with Gasteiger partial charge in [0, 0.05) is 29.0 Å². The maximum absolute atomic E-state index is 12.8. The summed E-state index contributed by atoms with van der Waals surface area (Å²) in [5.74, 6) is 1.61. The summed E-state index contributed by atoms with van der Waals surface area (Å²) in [5, 5.41) is 0.970. The predicted octanol–water partition coefficient (Wildman–Crippen LogP) is 4.03. The fraction of sp³-hybridized carbons (Fsp3) is 0.238. The number of amides is 1. The van der Waals surface area contributed by atoms with Crippen molar-refractivity contribution in [1.29, 1.82) is 0 Å². The molecule has 0 bridgehead atoms. The van der Waals surface area contributed by atoms with E-state index in [1.54, 1.807) is 25.6 Å². The number of nitrogens with zero attached hydrogens (tertiary/aromatic N) is 2. The van der Waals surface area contributed by atoms with Crippen molar-refractivity contribution < 1.29 is 14.3 Å². The van der Waals surface area contributed by atoms with Gasteiger partial charge < -0.3 is 14.4 Å². The number of fused-ring (bicyclic) bond motifs is 1. The van der Waals surface area contributed by atoms with E-state index < -0.39 is 0 Å². The number of hydrogen-bond donors (Lipinski definition) is 0. The Morgan fingerprint density at radius 2 is 1.85 bits per heavy atom. The number of benzene rings is 2. The Kier molecular flexibility index (Phi) is 4.81. The van der Waals surface area contributed by atoms with Crippen LogP contribution in [0.2, 0.25) is 0 Å². The number of thiazole rings is 1. The van der Waals surface area contributed by atoms with Crippen LogP contribution in [0.25, 0.3) is 10.6 Å². The Balaban J connectivity index is 1.54. The van der Waals surface area contributed by atoms with Crippen LogP contribution in [0.1, 0.15) is 20.9 Å². The summed E-state index contributed by atoms with van der Waals surface area (Å²) >= 11 is 1.65. The standard InChI is InChI=1S/C21H20N2O3S/c1-25-16-8-6-14(7-9-16)21(24)23-11-10-18-19(13-23)27-20(22-18)15-4-3-5-17(12-15)26-2/h3-9,12H,10-11,13H2,1-2H3. The minimum Gasteiger partial charge on any atom is -0.497 e. The third-order valence-corrected chi connectivity index (χ3v) is 5.80. The average Bonchev–Trinajstić information content (AvgIpc) is 3.17. The van der Waals surface area contributed by atoms with Crippen LogP contribution >= 0.6 is 11.3 Å². The molecule has 0 unspecified atom stereocenters. The van der Waals surface area contributed by atoms with Crippen LogP contribution in [0.3, 0.4) is 0 Å². The summed E-state index contributed by atoms with van der Waals surface area (Å²) in [5.41, 5.74) is 2.81. The van der Waals surface area contributed by atoms with E-state index in [0.29, 0.717) is 18.7 Å². The number of carbonyl (C=O) groups excluding carboxylic acids is 1. The molecule has 1 aliphatic heterocycles. The summed E-state index contributed by atoms with van der Waals surface area (Å²) in [4.78, 5) is 20.7. The fourth-order valence-corrected chi connectivity index (χ4v) is 4.28. The molecule has 138 valence electrons. The molecule has 27 heavy (non-hydrogen) atoms. The molecule has 0 radical (unpaired) electrons. The molecule has 1 aromatic heterocycles. The SMILES string of the molecule is COc1ccc(C(=O)N2CCc3nc(-c4cccc(OC)c4)sc3C2)cc1. The fourth-order valence-electron chi connectivity index (χ4n) is 3.16. The van der Waals surface area contributed by atoms with Crippen molar-refractivity contribution in [3.63, 3.8) is 0 Å². The van der Waals surface area contributed by atoms with Crippen LogP contribution in [-0.4, -0.2) is 36.6 Å². The van der Waals surface area contributed by atoms with Gasteiger partial charge >= 0.3 is 0 Å². The molecule has 0 saturated carbocycles. The van der Waals surface area contributed by atoms with Crippen LogP contribution in [0, 0.1) is 0 Å². The number of carbonyl (C=O) groups is 1. The molecule has 6 heteroatoms. The molecule has 3 aromatic rings. The van der Waals surface area contributed by atoms with Crippen LogP contribution in [0.15, 0.2) is 48.5 Å². The first kappa shape index (κ1) is 17.5. The highest BCUT2D eigenvalue weighted by molar-refractivity contribution is 7.15. The zero-order valence-corrected chi connectivity index (χ0v) is 16.1. The van der Waals surface area contributed by atoms with Gasteiger partial charge in [-0.3, -0.25) is 4.79 Å². The normalized spacial score (nSPS) is 13.2. The molecule has 2 heterocycles. The molecular weight excluding hydrogens is 360 g/mol. The smallest absolute Gasteiger partial charge is 0.254 e. The molecule has 1 amide bonds. The number of ether oxygens (including phenoxy) is 2. The summed E-state index contributed by atoms with van der Waals surface area (Å²) in [6, 6.07) is 15.2. The maximum atomic E-state index is 12.8. The van der Waals surface area contributed by atoms with E-state index in [-0.39, 0.29) is 5.91 Å². The van der Waals surface area contributed by atoms with Crippen molar-refractivity contribution in [1.82, 2.24) is 9.88 Å². The minimum atomic E-state index is 0.0413. The lowest BCUT2D eigenvalue weighted by molar-refractivity contribution is 0.0736. The van der Waals surface area contributed by atoms with Crippen molar-refractivity contribution in [3.05, 3.63) is 64.7 Å². The second kappa shape index (κ2) is 7.40. The molecule has 0 saturated heterocycles. The van der Waals surface area contributed by atoms with E-state index in [9.17, 15) is 4.79 Å². The molecule has 0 spiro atoms. The van der Waals surface area contributed by atoms with Gasteiger partial charge in [0.2, 0.25) is 0 Å². The van der Waals surface area contributed by atoms with Gasteiger partial charge in [0.15, 0.2) is 0 Å². The van der Waals surface area contributed by atoms with Crippen molar-refractivity contribution in [2.24, 2.45) is 0 Å². The Labute approximate surface area is 162 Å². The molecule has 4 rings (SSSR count). The van der Waals surface area contributed by atoms with Gasteiger partial charge in [0.25, 0.3) is 5.91 Å². The predicted molar refractivity (Wildman–Crippen MR) is 106 cm³/mol. The van der Waals surface area contributed by atoms with E-state index in [0.717, 1.165) is 39.1 Å². The van der Waals surface area contributed by atoms with Crippen molar-refractivity contribution in [2.75, 3.05) is 20.8 Å². The molecule has 2 aromatic carbocycles. The maximum Gasteiger partial charge on any atom is 0.254 e. The van der Waals surface area contributed by atoms with E-state index in [1.807, 2.05) is 53.4 Å². The summed E-state index contributed by atoms with van der Waals surface area (Å²) in [7, 11) is 3.28. The zero-order valence-electron chi connectivity index (χ0n) is 15.3. The van der Waals surface area contributed by atoms with Crippen LogP contribution in [0.5, 0.6) is 11.5 Å². The first-order valence-electron chi connectivity index (χ1n) is 8.74. The van der Waals surface area contributed by atoms with Gasteiger partial charge in [0.1, 0.15) is 16.5 Å². The van der Waals surface area contributed by atoms with Crippen LogP contribution in [-0.2, 0) is 13.0 Å². The molecular formula is C21H20N2O3S. The van der Waals surface area contributed by atoms with E-state index in [2.05, 4.69) is 0 Å². The van der Waals surface area contributed by atoms with E-state index in [1.165, 1.54) is 0 Å². The lowest BCUT2D eigenvalue weighted by Crippen LogP contribution is -2.35. The van der Waals surface area contributed by atoms with Gasteiger partial charge in [-0.15, -0.1) is 11.3 Å². The number of methoxy groups -OCH3 is 2. The topological polar surface area (TPSA) is 51.7 Å². The molecule has 1 aliphatic rings. The lowest BCUT2D eigenvalue weighted by atomic mass is 10.1. The number of aromatic nitrogens is 1. The first-order chi connectivity index (χ1) is 13.2. The third kappa shape index (κ3) is 3.53. The number of rotatable bonds is 4. The van der Waals surface area contributed by atoms with Crippen LogP contribution < -0.4 is 9.47 Å². The van der Waals surface area contributed by atoms with Crippen molar-refractivity contribution in [3.8, 4) is 22.1 Å². The Bertz CT molecular complexity index is 966. The minimum absolute atomic E-state index is 0.0413. The van der Waals surface area contributed by atoms with E-state index >= 15 is 0 Å². The molecule has 5 nitrogen and oxygen atoms in total. The molecule has 0 aliphatic carbocycles. The van der Waals surface area contributed by atoms with E-state index in [4.69, 9.17) is 14.5 Å². The van der Waals surface area contributed by atoms with Gasteiger partial charge in [-0.1, -0.05) is 12.1 Å². The quantitative estimate of drug-likeness (QED) is 0.686. The van der Waals surface area contributed by atoms with Gasteiger partial charge in [0.05, 0.1) is 26.5 Å². The summed E-state index contributed by atoms with van der Waals surface area (Å²) in [6.45, 7) is 1.28. The van der Waals surface area contributed by atoms with Gasteiger partial charge in [-0.2, -0.15) is 0 Å². The van der Waals surface area contributed by atoms with Gasteiger partial charge in [-0.25, -0.2) is 4.98 Å². The Morgan fingerprint density at radius 1 is 1.07 bits per heavy atom. The lowest BCUT2D eigenvalue weighted by Gasteiger charge is -2.26. The first-order valence-corrected chi connectivity index (χ1v) is 9.56. The zero-order chi connectivity index (χ0) is 18.8. The second-order valence-electron chi connectivity index (χ2n) is 6.33. The summed E-state index contributed by atoms with van der Waals surface area (Å²) < 4.78 is 10.5. The number of hydrogen-bond acceptors (Lipinski definition) is 5. The Morgan fingerprint density at radius 3 is 2.59 bits per heavy atom. The van der Waals surface area contributed by atoms with Crippen molar-refractivity contribution in [2.45, 2.75) is 13.0 Å². The highest BCUT2D eigenvalue weighted by Crippen LogP contribution is 2.33. The highest BCUT2D eigenvalue weighted by atomic mass is 32.1. The highest BCUT2D eigenvalue weighted by Gasteiger charge is 2.25. The van der Waals surface area contributed by atoms with Crippen molar-refractivity contribution >= 4 is 17.2 Å². The summed E-state index contributed by atoms with van der Waals surface area (Å²) in [6.07, 6.45) is 0.775.